The molecular weight excluding hydrogens is 775 g/mol. The maximum Gasteiger partial charge on any atom is -1.00 e. The maximum atomic E-state index is 2.84. The first kappa shape index (κ1) is 41.3. The van der Waals surface area contributed by atoms with E-state index in [2.05, 4.69) is 201 Å². The van der Waals surface area contributed by atoms with Gasteiger partial charge < -0.3 is 24.8 Å². The van der Waals surface area contributed by atoms with Crippen molar-refractivity contribution in [2.45, 2.75) is 91.1 Å². The third-order valence-electron chi connectivity index (χ3n) is 17.4. The van der Waals surface area contributed by atoms with E-state index in [4.69, 9.17) is 0 Å². The Bertz CT molecular complexity index is 2000. The van der Waals surface area contributed by atoms with Crippen LogP contribution >= 0.6 is 0 Å². The van der Waals surface area contributed by atoms with E-state index < -0.39 is 21.3 Å². The van der Waals surface area contributed by atoms with Crippen LogP contribution in [0.3, 0.4) is 0 Å². The molecular formula is C51H60Cl2Zr. The molecule has 0 nitrogen and oxygen atoms in total. The first-order chi connectivity index (χ1) is 24.8. The van der Waals surface area contributed by atoms with Crippen LogP contribution in [-0.2, 0) is 34.1 Å². The predicted octanol–water partition coefficient (Wildman–Crippen LogP) is 7.14. The molecule has 0 N–H and O–H groups in total. The zero-order valence-electron chi connectivity index (χ0n) is 33.8. The monoisotopic (exact) mass is 832 g/mol. The van der Waals surface area contributed by atoms with E-state index in [0.717, 1.165) is 19.3 Å². The molecule has 0 heterocycles. The van der Waals surface area contributed by atoms with E-state index in [-0.39, 0.29) is 62.7 Å². The number of rotatable bonds is 8. The van der Waals surface area contributed by atoms with Gasteiger partial charge in [-0.25, -0.2) is 0 Å². The van der Waals surface area contributed by atoms with E-state index in [1.54, 1.807) is 5.57 Å². The fraction of sp³-hybridized carbons (Fsp3) is 0.431. The Hall–Kier alpha value is -2.31. The van der Waals surface area contributed by atoms with E-state index in [1.165, 1.54) is 24.0 Å². The van der Waals surface area contributed by atoms with Gasteiger partial charge in [0.15, 0.2) is 0 Å². The first-order valence-corrected chi connectivity index (χ1v) is 24.0. The fourth-order valence-electron chi connectivity index (χ4n) is 13.8. The summed E-state index contributed by atoms with van der Waals surface area (Å²) in [6, 6.07) is 22.7. The smallest absolute Gasteiger partial charge is 1.00 e. The summed E-state index contributed by atoms with van der Waals surface area (Å²) in [4.78, 5) is 0. The van der Waals surface area contributed by atoms with Crippen molar-refractivity contribution in [1.82, 2.24) is 0 Å². The van der Waals surface area contributed by atoms with E-state index in [1.807, 2.05) is 6.49 Å². The molecule has 0 saturated heterocycles. The number of allylic oxidation sites excluding steroid dienone is 16. The van der Waals surface area contributed by atoms with Crippen molar-refractivity contribution in [2.75, 3.05) is 0 Å². The first-order valence-electron chi connectivity index (χ1n) is 20.1. The molecule has 3 heteroatoms. The van der Waals surface area contributed by atoms with Crippen LogP contribution in [0.4, 0.5) is 0 Å². The van der Waals surface area contributed by atoms with Gasteiger partial charge in [-0.05, 0) is 0 Å². The Labute approximate surface area is 347 Å². The Kier molecular flexibility index (Phi) is 11.2. The molecule has 2 aromatic carbocycles. The van der Waals surface area contributed by atoms with Crippen LogP contribution < -0.4 is 24.8 Å². The molecule has 6 aliphatic carbocycles. The predicted molar refractivity (Wildman–Crippen MR) is 220 cm³/mol. The number of aryl methyl sites for hydroxylation is 2. The normalized spacial score (nSPS) is 38.8. The van der Waals surface area contributed by atoms with Crippen LogP contribution in [0.2, 0.25) is 3.63 Å². The van der Waals surface area contributed by atoms with Crippen LogP contribution in [0, 0.1) is 43.8 Å². The van der Waals surface area contributed by atoms with Crippen LogP contribution in [0.15, 0.2) is 155 Å². The molecule has 0 aromatic heterocycles. The summed E-state index contributed by atoms with van der Waals surface area (Å²) in [5.74, 6) is 0.478. The molecule has 6 aliphatic rings. The summed E-state index contributed by atoms with van der Waals surface area (Å²) in [5, 5.41) is 0. The minimum atomic E-state index is -2.72. The van der Waals surface area contributed by atoms with Gasteiger partial charge in [-0.15, -0.1) is 0 Å². The Morgan fingerprint density at radius 3 is 1.63 bits per heavy atom. The molecule has 0 amide bonds. The number of fused-ring (bicyclic) bond motifs is 8. The number of benzene rings is 2. The van der Waals surface area contributed by atoms with E-state index >= 15 is 0 Å². The Morgan fingerprint density at radius 2 is 1.11 bits per heavy atom. The number of hydrogen-bond donors (Lipinski definition) is 0. The average molecular weight is 835 g/mol. The quantitative estimate of drug-likeness (QED) is 0.266. The van der Waals surface area contributed by atoms with Crippen LogP contribution in [0.5, 0.6) is 0 Å². The second-order valence-corrected chi connectivity index (χ2v) is 25.2. The van der Waals surface area contributed by atoms with E-state index in [0.29, 0.717) is 9.54 Å². The molecule has 9 unspecified atom stereocenters. The van der Waals surface area contributed by atoms with Crippen molar-refractivity contribution in [3.63, 3.8) is 0 Å². The van der Waals surface area contributed by atoms with Crippen LogP contribution in [0.1, 0.15) is 85.8 Å². The molecule has 2 saturated carbocycles. The molecule has 0 spiro atoms. The summed E-state index contributed by atoms with van der Waals surface area (Å²) in [7, 11) is 0. The standard InChI is InChI=1S/C29H37.C17H18.C5H5.2ClH.Zr/c1-21-14-13-15-22-20-27(6)25(4)18-10-9-16-23(25,2)24(3)17-11-12-19-26(24,5)29(27,8)28(21,22)7;1-4-10-16(11-5-1)14-8-3-9-15-17-12-6-2-7-13-17;1-2-4-5-3-1;;;/h9-20,22H,1-8H3;1-2,4-7,10-13H,8-9,14-15H2;1-3H,4H2;2*1H;/q;;;;;+2/p-2. The van der Waals surface area contributed by atoms with Crippen molar-refractivity contribution in [1.29, 1.82) is 0 Å². The molecule has 0 bridgehead atoms. The summed E-state index contributed by atoms with van der Waals surface area (Å²) >= 11 is -2.72. The summed E-state index contributed by atoms with van der Waals surface area (Å²) in [5.41, 5.74) is 4.17. The SMILES string of the molecule is CC1=CC=CC2[CH]([Zr+2]([C]3=CC=CC3)=[C](CCc3ccccc3)CCc3ccccc3)C3(C)C4(C)C=CC=CC4(C)C4(C)C=CC=CC4(C)C3(C)C12C.[Cl-].[Cl-]. The third kappa shape index (κ3) is 5.12. The largest absolute Gasteiger partial charge is 1.00 e. The molecule has 2 fully saturated rings. The van der Waals surface area contributed by atoms with Gasteiger partial charge in [0.25, 0.3) is 0 Å². The fourth-order valence-corrected chi connectivity index (χ4v) is 25.3. The zero-order chi connectivity index (χ0) is 36.6. The van der Waals surface area contributed by atoms with Gasteiger partial charge >= 0.3 is 325 Å². The summed E-state index contributed by atoms with van der Waals surface area (Å²) in [6.45, 7) is 21.5. The van der Waals surface area contributed by atoms with Gasteiger partial charge in [-0.2, -0.15) is 0 Å². The topological polar surface area (TPSA) is 0 Å². The van der Waals surface area contributed by atoms with Crippen molar-refractivity contribution in [2.24, 2.45) is 43.8 Å². The van der Waals surface area contributed by atoms with Crippen molar-refractivity contribution >= 4 is 3.21 Å². The van der Waals surface area contributed by atoms with Crippen LogP contribution in [-0.4, -0.2) is 3.21 Å². The van der Waals surface area contributed by atoms with Gasteiger partial charge in [0.2, 0.25) is 0 Å². The Morgan fingerprint density at radius 1 is 0.611 bits per heavy atom. The molecule has 282 valence electrons. The molecule has 8 rings (SSSR count). The second kappa shape index (κ2) is 14.6. The molecule has 0 aliphatic heterocycles. The van der Waals surface area contributed by atoms with Gasteiger partial charge in [-0.3, -0.25) is 0 Å². The van der Waals surface area contributed by atoms with Gasteiger partial charge in [-0.1, -0.05) is 0 Å². The van der Waals surface area contributed by atoms with Gasteiger partial charge in [0.05, 0.1) is 0 Å². The van der Waals surface area contributed by atoms with E-state index in [9.17, 15) is 0 Å². The molecule has 2 aromatic rings. The van der Waals surface area contributed by atoms with Crippen molar-refractivity contribution < 1.29 is 46.1 Å². The third-order valence-corrected chi connectivity index (χ3v) is 27.0. The molecule has 9 atom stereocenters. The van der Waals surface area contributed by atoms with Gasteiger partial charge in [0, 0.05) is 0 Å². The Balaban J connectivity index is 0.00000249. The summed E-state index contributed by atoms with van der Waals surface area (Å²) in [6.07, 6.45) is 41.3. The molecule has 0 radical (unpaired) electrons. The zero-order valence-corrected chi connectivity index (χ0v) is 37.8. The van der Waals surface area contributed by atoms with Crippen LogP contribution in [0.25, 0.3) is 0 Å². The average Bonchev–Trinajstić information content (AvgIpc) is 3.74. The number of hydrogen-bond acceptors (Lipinski definition) is 0. The van der Waals surface area contributed by atoms with Crippen molar-refractivity contribution in [3.8, 4) is 0 Å². The maximum absolute atomic E-state index is 2.84. The summed E-state index contributed by atoms with van der Waals surface area (Å²) < 4.78 is 4.37. The van der Waals surface area contributed by atoms with Gasteiger partial charge in [0.1, 0.15) is 0 Å². The second-order valence-electron chi connectivity index (χ2n) is 18.3. The minimum Gasteiger partial charge on any atom is -1.00 e. The number of halogens is 2. The minimum absolute atomic E-state index is 0. The molecule has 54 heavy (non-hydrogen) atoms. The van der Waals surface area contributed by atoms with Crippen molar-refractivity contribution in [3.05, 3.63) is 166 Å².